The first kappa shape index (κ1) is 20.3. The van der Waals surface area contributed by atoms with Crippen LogP contribution in [0.25, 0.3) is 0 Å². The maximum Gasteiger partial charge on any atom is 0.265 e. The molecule has 1 N–H and O–H groups in total. The van der Waals surface area contributed by atoms with E-state index < -0.39 is 6.10 Å². The van der Waals surface area contributed by atoms with Crippen LogP contribution in [0.4, 0.5) is 11.4 Å². The van der Waals surface area contributed by atoms with Crippen molar-refractivity contribution in [1.29, 1.82) is 0 Å². The van der Waals surface area contributed by atoms with Crippen molar-refractivity contribution < 1.29 is 14.3 Å². The highest BCUT2D eigenvalue weighted by molar-refractivity contribution is 5.95. The van der Waals surface area contributed by atoms with Gasteiger partial charge in [-0.3, -0.25) is 9.59 Å². The van der Waals surface area contributed by atoms with Crippen molar-refractivity contribution in [2.75, 3.05) is 36.4 Å². The molecule has 2 aliphatic heterocycles. The van der Waals surface area contributed by atoms with E-state index >= 15 is 0 Å². The maximum absolute atomic E-state index is 13.0. The first-order chi connectivity index (χ1) is 14.5. The van der Waals surface area contributed by atoms with Gasteiger partial charge < -0.3 is 19.9 Å². The average Bonchev–Trinajstić information content (AvgIpc) is 2.75. The monoisotopic (exact) mass is 407 g/mol. The highest BCUT2D eigenvalue weighted by Crippen LogP contribution is 2.33. The zero-order valence-corrected chi connectivity index (χ0v) is 17.7. The Hall–Kier alpha value is -3.02. The third-order valence-corrected chi connectivity index (χ3v) is 5.80. The third kappa shape index (κ3) is 4.42. The number of anilines is 2. The zero-order valence-electron chi connectivity index (χ0n) is 17.7. The van der Waals surface area contributed by atoms with Crippen LogP contribution < -0.4 is 15.0 Å². The standard InChI is InChI=1S/C24H29N3O3/c1-17-10-11-19(18(2)14-17)25-23(28)16-27-15-22(24(29)26-12-6-3-7-13-26)30-21-9-5-4-8-20(21)27/h4-5,8-11,14,22H,3,6-7,12-13,15-16H2,1-2H3,(H,25,28)/t22-/m1/s1. The Labute approximate surface area is 177 Å². The van der Waals surface area contributed by atoms with Gasteiger partial charge in [0, 0.05) is 18.8 Å². The van der Waals surface area contributed by atoms with Crippen molar-refractivity contribution in [1.82, 2.24) is 4.90 Å². The lowest BCUT2D eigenvalue weighted by Crippen LogP contribution is -2.52. The molecule has 1 atom stereocenters. The summed E-state index contributed by atoms with van der Waals surface area (Å²) in [4.78, 5) is 29.7. The molecule has 2 aromatic rings. The van der Waals surface area contributed by atoms with E-state index in [1.54, 1.807) is 0 Å². The molecule has 158 valence electrons. The lowest BCUT2D eigenvalue weighted by Gasteiger charge is -2.38. The van der Waals surface area contributed by atoms with E-state index in [1.165, 1.54) is 6.42 Å². The highest BCUT2D eigenvalue weighted by atomic mass is 16.5. The lowest BCUT2D eigenvalue weighted by molar-refractivity contribution is -0.139. The maximum atomic E-state index is 13.0. The Morgan fingerprint density at radius 3 is 2.60 bits per heavy atom. The van der Waals surface area contributed by atoms with Crippen LogP contribution in [0.2, 0.25) is 0 Å². The van der Waals surface area contributed by atoms with Gasteiger partial charge in [-0.1, -0.05) is 29.8 Å². The summed E-state index contributed by atoms with van der Waals surface area (Å²) in [6.07, 6.45) is 2.66. The topological polar surface area (TPSA) is 61.9 Å². The molecule has 1 fully saturated rings. The zero-order chi connectivity index (χ0) is 21.1. The highest BCUT2D eigenvalue weighted by Gasteiger charge is 2.34. The van der Waals surface area contributed by atoms with Gasteiger partial charge in [-0.2, -0.15) is 0 Å². The number of carbonyl (C=O) groups is 2. The number of hydrogen-bond acceptors (Lipinski definition) is 4. The molecule has 0 spiro atoms. The molecule has 2 aliphatic rings. The van der Waals surface area contributed by atoms with Gasteiger partial charge in [0.2, 0.25) is 5.91 Å². The Morgan fingerprint density at radius 2 is 1.83 bits per heavy atom. The van der Waals surface area contributed by atoms with E-state index in [-0.39, 0.29) is 18.4 Å². The second-order valence-corrected chi connectivity index (χ2v) is 8.21. The Bertz CT molecular complexity index is 937. The fraction of sp³-hybridized carbons (Fsp3) is 0.417. The summed E-state index contributed by atoms with van der Waals surface area (Å²) in [5, 5.41) is 3.01. The first-order valence-electron chi connectivity index (χ1n) is 10.7. The van der Waals surface area contributed by atoms with Crippen molar-refractivity contribution in [3.63, 3.8) is 0 Å². The van der Waals surface area contributed by atoms with Gasteiger partial charge >= 0.3 is 0 Å². The van der Waals surface area contributed by atoms with Gasteiger partial charge in [-0.15, -0.1) is 0 Å². The van der Waals surface area contributed by atoms with Gasteiger partial charge in [0.05, 0.1) is 18.8 Å². The number of para-hydroxylation sites is 2. The molecule has 0 aliphatic carbocycles. The lowest BCUT2D eigenvalue weighted by atomic mass is 10.1. The van der Waals surface area contributed by atoms with Crippen molar-refractivity contribution in [2.24, 2.45) is 0 Å². The van der Waals surface area contributed by atoms with E-state index in [4.69, 9.17) is 4.74 Å². The molecule has 30 heavy (non-hydrogen) atoms. The Kier molecular flexibility index (Phi) is 5.93. The minimum absolute atomic E-state index is 0.0176. The van der Waals surface area contributed by atoms with Gasteiger partial charge in [-0.25, -0.2) is 0 Å². The number of piperidine rings is 1. The van der Waals surface area contributed by atoms with E-state index in [0.717, 1.165) is 48.4 Å². The van der Waals surface area contributed by atoms with E-state index in [9.17, 15) is 9.59 Å². The number of nitrogens with one attached hydrogen (secondary N) is 1. The molecule has 2 heterocycles. The summed E-state index contributed by atoms with van der Waals surface area (Å²) in [7, 11) is 0. The van der Waals surface area contributed by atoms with Crippen LogP contribution in [0.1, 0.15) is 30.4 Å². The summed E-state index contributed by atoms with van der Waals surface area (Å²) >= 11 is 0. The molecular weight excluding hydrogens is 378 g/mol. The summed E-state index contributed by atoms with van der Waals surface area (Å²) in [6.45, 7) is 6.12. The minimum Gasteiger partial charge on any atom is -0.477 e. The molecule has 2 amide bonds. The predicted molar refractivity (Wildman–Crippen MR) is 118 cm³/mol. The van der Waals surface area contributed by atoms with E-state index in [2.05, 4.69) is 5.32 Å². The average molecular weight is 408 g/mol. The Balaban J connectivity index is 1.49. The van der Waals surface area contributed by atoms with E-state index in [0.29, 0.717) is 12.3 Å². The summed E-state index contributed by atoms with van der Waals surface area (Å²) in [6, 6.07) is 13.6. The van der Waals surface area contributed by atoms with Crippen LogP contribution in [0.5, 0.6) is 5.75 Å². The predicted octanol–water partition coefficient (Wildman–Crippen LogP) is 3.52. The van der Waals surface area contributed by atoms with Crippen molar-refractivity contribution in [3.05, 3.63) is 53.6 Å². The summed E-state index contributed by atoms with van der Waals surface area (Å²) in [5.74, 6) is 0.560. The summed E-state index contributed by atoms with van der Waals surface area (Å²) < 4.78 is 6.04. The van der Waals surface area contributed by atoms with E-state index in [1.807, 2.05) is 66.1 Å². The molecule has 6 heteroatoms. The second-order valence-electron chi connectivity index (χ2n) is 8.21. The van der Waals surface area contributed by atoms with Crippen molar-refractivity contribution in [2.45, 2.75) is 39.2 Å². The number of aryl methyl sites for hydroxylation is 2. The fourth-order valence-corrected chi connectivity index (χ4v) is 4.22. The minimum atomic E-state index is -0.591. The van der Waals surface area contributed by atoms with Crippen LogP contribution in [0.3, 0.4) is 0 Å². The first-order valence-corrected chi connectivity index (χ1v) is 10.7. The largest absolute Gasteiger partial charge is 0.477 e. The van der Waals surface area contributed by atoms with Gasteiger partial charge in [0.1, 0.15) is 5.75 Å². The number of amides is 2. The number of fused-ring (bicyclic) bond motifs is 1. The smallest absolute Gasteiger partial charge is 0.265 e. The SMILES string of the molecule is Cc1ccc(NC(=O)CN2C[C@H](C(=O)N3CCCCC3)Oc3ccccc32)c(C)c1. The molecule has 0 radical (unpaired) electrons. The molecule has 1 saturated heterocycles. The van der Waals surface area contributed by atoms with Gasteiger partial charge in [0.25, 0.3) is 5.91 Å². The van der Waals surface area contributed by atoms with Gasteiger partial charge in [0.15, 0.2) is 6.10 Å². The van der Waals surface area contributed by atoms with Crippen molar-refractivity contribution >= 4 is 23.2 Å². The van der Waals surface area contributed by atoms with Crippen LogP contribution in [-0.2, 0) is 9.59 Å². The number of rotatable bonds is 4. The molecule has 0 bridgehead atoms. The van der Waals surface area contributed by atoms with Crippen LogP contribution in [0.15, 0.2) is 42.5 Å². The van der Waals surface area contributed by atoms with Crippen LogP contribution >= 0.6 is 0 Å². The molecular formula is C24H29N3O3. The third-order valence-electron chi connectivity index (χ3n) is 5.80. The number of likely N-dealkylation sites (tertiary alicyclic amines) is 1. The van der Waals surface area contributed by atoms with Crippen LogP contribution in [0, 0.1) is 13.8 Å². The molecule has 0 saturated carbocycles. The quantitative estimate of drug-likeness (QED) is 0.842. The normalized spacial score (nSPS) is 18.4. The summed E-state index contributed by atoms with van der Waals surface area (Å²) in [5.41, 5.74) is 3.85. The van der Waals surface area contributed by atoms with Crippen LogP contribution in [-0.4, -0.2) is 49.0 Å². The second kappa shape index (κ2) is 8.78. The molecule has 0 aromatic heterocycles. The Morgan fingerprint density at radius 1 is 1.07 bits per heavy atom. The molecule has 4 rings (SSSR count). The number of ether oxygens (including phenoxy) is 1. The molecule has 2 aromatic carbocycles. The number of carbonyl (C=O) groups excluding carboxylic acids is 2. The van der Waals surface area contributed by atoms with Crippen molar-refractivity contribution in [3.8, 4) is 5.75 Å². The van der Waals surface area contributed by atoms with Gasteiger partial charge in [-0.05, 0) is 56.9 Å². The number of hydrogen-bond donors (Lipinski definition) is 1. The number of benzene rings is 2. The molecule has 6 nitrogen and oxygen atoms in total. The fourth-order valence-electron chi connectivity index (χ4n) is 4.22. The molecule has 0 unspecified atom stereocenters. The number of nitrogens with zero attached hydrogens (tertiary/aromatic N) is 2.